The summed E-state index contributed by atoms with van der Waals surface area (Å²) < 4.78 is 5.44. The molecule has 1 aromatic heterocycles. The molecule has 2 aromatic rings. The van der Waals surface area contributed by atoms with Crippen LogP contribution in [0.5, 0.6) is 0 Å². The summed E-state index contributed by atoms with van der Waals surface area (Å²) >= 11 is 0. The molecule has 1 saturated heterocycles. The van der Waals surface area contributed by atoms with Crippen LogP contribution in [0.2, 0.25) is 0 Å². The second-order valence-electron chi connectivity index (χ2n) is 5.87. The van der Waals surface area contributed by atoms with Crippen molar-refractivity contribution in [3.63, 3.8) is 0 Å². The number of nitrogen functional groups attached to an aromatic ring is 1. The monoisotopic (exact) mass is 271 g/mol. The summed E-state index contributed by atoms with van der Waals surface area (Å²) in [6.45, 7) is 4.94. The van der Waals surface area contributed by atoms with Crippen LogP contribution < -0.4 is 11.1 Å². The highest BCUT2D eigenvalue weighted by atomic mass is 16.5. The molecule has 106 valence electrons. The minimum atomic E-state index is 0.286. The van der Waals surface area contributed by atoms with E-state index in [0.717, 1.165) is 54.9 Å². The number of nitrogens with two attached hydrogens (primary N) is 1. The van der Waals surface area contributed by atoms with Crippen LogP contribution in [0.4, 0.5) is 11.4 Å². The molecule has 4 heteroatoms. The molecule has 3 N–H and O–H groups in total. The Bertz CT molecular complexity index is 606. The first-order valence-corrected chi connectivity index (χ1v) is 7.13. The van der Waals surface area contributed by atoms with Crippen LogP contribution in [0.25, 0.3) is 10.9 Å². The fourth-order valence-corrected chi connectivity index (χ4v) is 2.68. The molecule has 4 nitrogen and oxygen atoms in total. The highest BCUT2D eigenvalue weighted by molar-refractivity contribution is 5.96. The Hall–Kier alpha value is -1.81. The number of benzene rings is 1. The Morgan fingerprint density at radius 1 is 1.30 bits per heavy atom. The van der Waals surface area contributed by atoms with Gasteiger partial charge in [-0.25, -0.2) is 0 Å². The Kier molecular flexibility index (Phi) is 3.49. The van der Waals surface area contributed by atoms with Crippen LogP contribution >= 0.6 is 0 Å². The quantitative estimate of drug-likeness (QED) is 0.842. The van der Waals surface area contributed by atoms with E-state index in [1.54, 1.807) is 6.20 Å². The molecule has 0 spiro atoms. The number of fused-ring (bicyclic) bond motifs is 1. The SMILES string of the molecule is CC1(CNc2ccc3ncccc3c2N)CCOCC1. The van der Waals surface area contributed by atoms with Gasteiger partial charge in [-0.1, -0.05) is 6.92 Å². The lowest BCUT2D eigenvalue weighted by Gasteiger charge is -2.34. The number of hydrogen-bond donors (Lipinski definition) is 2. The number of nitrogens with zero attached hydrogens (tertiary/aromatic N) is 1. The molecule has 0 bridgehead atoms. The summed E-state index contributed by atoms with van der Waals surface area (Å²) in [5, 5.41) is 4.52. The van der Waals surface area contributed by atoms with Gasteiger partial charge in [0.05, 0.1) is 16.9 Å². The number of rotatable bonds is 3. The number of pyridine rings is 1. The smallest absolute Gasteiger partial charge is 0.0724 e. The van der Waals surface area contributed by atoms with Crippen LogP contribution in [0.1, 0.15) is 19.8 Å². The third kappa shape index (κ3) is 2.56. The first-order valence-electron chi connectivity index (χ1n) is 7.13. The number of hydrogen-bond acceptors (Lipinski definition) is 4. The van der Waals surface area contributed by atoms with Crippen molar-refractivity contribution in [3.8, 4) is 0 Å². The summed E-state index contributed by atoms with van der Waals surface area (Å²) in [6.07, 6.45) is 3.97. The van der Waals surface area contributed by atoms with E-state index in [2.05, 4.69) is 17.2 Å². The van der Waals surface area contributed by atoms with Gasteiger partial charge in [-0.15, -0.1) is 0 Å². The van der Waals surface area contributed by atoms with E-state index in [-0.39, 0.29) is 5.41 Å². The summed E-state index contributed by atoms with van der Waals surface area (Å²) in [7, 11) is 0. The molecule has 0 saturated carbocycles. The molecule has 1 aliphatic rings. The molecule has 3 rings (SSSR count). The van der Waals surface area contributed by atoms with E-state index in [1.807, 2.05) is 24.3 Å². The van der Waals surface area contributed by atoms with Gasteiger partial charge in [0.1, 0.15) is 0 Å². The van der Waals surface area contributed by atoms with Crippen LogP contribution in [0.15, 0.2) is 30.5 Å². The van der Waals surface area contributed by atoms with Gasteiger partial charge >= 0.3 is 0 Å². The molecule has 0 aliphatic carbocycles. The van der Waals surface area contributed by atoms with Gasteiger partial charge < -0.3 is 15.8 Å². The minimum Gasteiger partial charge on any atom is -0.397 e. The van der Waals surface area contributed by atoms with Crippen molar-refractivity contribution in [1.29, 1.82) is 0 Å². The van der Waals surface area contributed by atoms with E-state index in [9.17, 15) is 0 Å². The molecular formula is C16H21N3O. The van der Waals surface area contributed by atoms with Gasteiger partial charge in [-0.3, -0.25) is 4.98 Å². The zero-order chi connectivity index (χ0) is 14.0. The average Bonchev–Trinajstić information content (AvgIpc) is 2.48. The van der Waals surface area contributed by atoms with Gasteiger partial charge in [0, 0.05) is 31.3 Å². The number of ether oxygens (including phenoxy) is 1. The highest BCUT2D eigenvalue weighted by Gasteiger charge is 2.27. The number of anilines is 2. The second-order valence-corrected chi connectivity index (χ2v) is 5.87. The third-order valence-electron chi connectivity index (χ3n) is 4.23. The predicted molar refractivity (Wildman–Crippen MR) is 82.8 cm³/mol. The highest BCUT2D eigenvalue weighted by Crippen LogP contribution is 2.32. The maximum absolute atomic E-state index is 6.25. The van der Waals surface area contributed by atoms with Crippen LogP contribution in [0, 0.1) is 5.41 Å². The normalized spacial score (nSPS) is 18.1. The summed E-state index contributed by atoms with van der Waals surface area (Å²) in [6, 6.07) is 7.97. The van der Waals surface area contributed by atoms with E-state index in [0.29, 0.717) is 0 Å². The van der Waals surface area contributed by atoms with Crippen molar-refractivity contribution in [3.05, 3.63) is 30.5 Å². The molecule has 1 fully saturated rings. The molecule has 0 unspecified atom stereocenters. The van der Waals surface area contributed by atoms with Crippen molar-refractivity contribution in [2.45, 2.75) is 19.8 Å². The van der Waals surface area contributed by atoms with Gasteiger partial charge in [-0.05, 0) is 42.5 Å². The van der Waals surface area contributed by atoms with Gasteiger partial charge in [0.25, 0.3) is 0 Å². The Balaban J connectivity index is 1.79. The predicted octanol–water partition coefficient (Wildman–Crippen LogP) is 3.05. The Morgan fingerprint density at radius 2 is 2.10 bits per heavy atom. The van der Waals surface area contributed by atoms with Crippen molar-refractivity contribution in [2.24, 2.45) is 5.41 Å². The Morgan fingerprint density at radius 3 is 2.90 bits per heavy atom. The van der Waals surface area contributed by atoms with E-state index in [4.69, 9.17) is 10.5 Å². The average molecular weight is 271 g/mol. The van der Waals surface area contributed by atoms with Crippen LogP contribution in [-0.2, 0) is 4.74 Å². The van der Waals surface area contributed by atoms with Gasteiger partial charge in [-0.2, -0.15) is 0 Å². The maximum atomic E-state index is 6.25. The molecular weight excluding hydrogens is 250 g/mol. The lowest BCUT2D eigenvalue weighted by Crippen LogP contribution is -2.33. The minimum absolute atomic E-state index is 0.286. The number of aromatic nitrogens is 1. The molecule has 2 heterocycles. The second kappa shape index (κ2) is 5.29. The van der Waals surface area contributed by atoms with Crippen molar-refractivity contribution >= 4 is 22.3 Å². The molecule has 20 heavy (non-hydrogen) atoms. The van der Waals surface area contributed by atoms with Gasteiger partial charge in [0.2, 0.25) is 0 Å². The van der Waals surface area contributed by atoms with E-state index < -0.39 is 0 Å². The standard InChI is InChI=1S/C16H21N3O/c1-16(6-9-20-10-7-16)11-19-14-5-4-13-12(15(14)17)3-2-8-18-13/h2-5,8,19H,6-7,9-11,17H2,1H3. The molecule has 0 radical (unpaired) electrons. The van der Waals surface area contributed by atoms with Crippen molar-refractivity contribution < 1.29 is 4.74 Å². The largest absolute Gasteiger partial charge is 0.397 e. The maximum Gasteiger partial charge on any atom is 0.0724 e. The van der Waals surface area contributed by atoms with Crippen LogP contribution in [-0.4, -0.2) is 24.7 Å². The zero-order valence-electron chi connectivity index (χ0n) is 11.9. The lowest BCUT2D eigenvalue weighted by molar-refractivity contribution is 0.0300. The topological polar surface area (TPSA) is 60.2 Å². The fraction of sp³-hybridized carbons (Fsp3) is 0.438. The van der Waals surface area contributed by atoms with E-state index in [1.165, 1.54) is 0 Å². The summed E-state index contributed by atoms with van der Waals surface area (Å²) in [5.74, 6) is 0. The van der Waals surface area contributed by atoms with Gasteiger partial charge in [0.15, 0.2) is 0 Å². The van der Waals surface area contributed by atoms with Crippen molar-refractivity contribution in [2.75, 3.05) is 30.8 Å². The molecule has 1 aliphatic heterocycles. The molecule has 1 aromatic carbocycles. The summed E-state index contributed by atoms with van der Waals surface area (Å²) in [4.78, 5) is 4.32. The first-order chi connectivity index (χ1) is 9.68. The lowest BCUT2D eigenvalue weighted by atomic mass is 9.82. The van der Waals surface area contributed by atoms with Crippen LogP contribution in [0.3, 0.4) is 0 Å². The number of nitrogens with one attached hydrogen (secondary N) is 1. The molecule has 0 atom stereocenters. The summed E-state index contributed by atoms with van der Waals surface area (Å²) in [5.41, 5.74) is 9.26. The van der Waals surface area contributed by atoms with E-state index >= 15 is 0 Å². The third-order valence-corrected chi connectivity index (χ3v) is 4.23. The van der Waals surface area contributed by atoms with Crippen molar-refractivity contribution in [1.82, 2.24) is 4.98 Å². The molecule has 0 amide bonds. The Labute approximate surface area is 119 Å². The zero-order valence-corrected chi connectivity index (χ0v) is 11.9. The first kappa shape index (κ1) is 13.2. The fourth-order valence-electron chi connectivity index (χ4n) is 2.68.